The van der Waals surface area contributed by atoms with Crippen molar-refractivity contribution in [3.8, 4) is 0 Å². The fourth-order valence-electron chi connectivity index (χ4n) is 1.71. The summed E-state index contributed by atoms with van der Waals surface area (Å²) in [7, 11) is 0. The summed E-state index contributed by atoms with van der Waals surface area (Å²) in [5.41, 5.74) is 1.15. The van der Waals surface area contributed by atoms with Crippen LogP contribution in [0.25, 0.3) is 0 Å². The minimum absolute atomic E-state index is 0.439. The van der Waals surface area contributed by atoms with Crippen molar-refractivity contribution in [3.63, 3.8) is 0 Å². The quantitative estimate of drug-likeness (QED) is 0.636. The number of benzene rings is 1. The molecule has 0 atom stereocenters. The lowest BCUT2D eigenvalue weighted by atomic mass is 10.1. The van der Waals surface area contributed by atoms with Crippen molar-refractivity contribution in [2.45, 2.75) is 6.42 Å². The van der Waals surface area contributed by atoms with E-state index >= 15 is 0 Å². The van der Waals surface area contributed by atoms with Crippen LogP contribution in [0.1, 0.15) is 16.8 Å². The van der Waals surface area contributed by atoms with Gasteiger partial charge in [0.25, 0.3) is 11.7 Å². The van der Waals surface area contributed by atoms with E-state index in [1.165, 1.54) is 4.90 Å². The van der Waals surface area contributed by atoms with E-state index in [1.807, 2.05) is 6.07 Å². The van der Waals surface area contributed by atoms with Gasteiger partial charge >= 0.3 is 0 Å². The number of fused-ring (bicyclic) bond motifs is 1. The van der Waals surface area contributed by atoms with Crippen LogP contribution in [-0.4, -0.2) is 24.1 Å². The summed E-state index contributed by atoms with van der Waals surface area (Å²) in [5.74, 6) is -0.423. The van der Waals surface area contributed by atoms with Gasteiger partial charge in [-0.25, -0.2) is 0 Å². The number of rotatable bonds is 3. The fourth-order valence-corrected chi connectivity index (χ4v) is 2.19. The lowest BCUT2D eigenvalue weighted by molar-refractivity contribution is -0.114. The Hall–Kier alpha value is -0.870. The number of carbonyl (C=O) groups is 2. The standard InChI is InChI=1S/C11H9BrClNO2/c12-7-2-3-9-8(6-7)10(15)11(16)14(9)5-1-4-13/h2-3,6H,1,4-5H2. The summed E-state index contributed by atoms with van der Waals surface area (Å²) in [4.78, 5) is 24.9. The number of hydrogen-bond donors (Lipinski definition) is 0. The summed E-state index contributed by atoms with van der Waals surface area (Å²) in [6.07, 6.45) is 0.677. The Morgan fingerprint density at radius 3 is 2.75 bits per heavy atom. The molecule has 84 valence electrons. The van der Waals surface area contributed by atoms with Crippen LogP contribution in [0, 0.1) is 0 Å². The molecule has 0 unspecified atom stereocenters. The highest BCUT2D eigenvalue weighted by molar-refractivity contribution is 9.10. The highest BCUT2D eigenvalue weighted by atomic mass is 79.9. The van der Waals surface area contributed by atoms with E-state index in [4.69, 9.17) is 11.6 Å². The number of ketones is 1. The first-order valence-corrected chi connectivity index (χ1v) is 6.19. The molecule has 0 radical (unpaired) electrons. The van der Waals surface area contributed by atoms with Crippen LogP contribution < -0.4 is 4.90 Å². The highest BCUT2D eigenvalue weighted by Gasteiger charge is 2.35. The minimum Gasteiger partial charge on any atom is -0.305 e. The van der Waals surface area contributed by atoms with Gasteiger partial charge in [0.2, 0.25) is 0 Å². The zero-order valence-electron chi connectivity index (χ0n) is 8.37. The Morgan fingerprint density at radius 1 is 1.31 bits per heavy atom. The monoisotopic (exact) mass is 301 g/mol. The first kappa shape index (κ1) is 11.6. The molecule has 0 saturated heterocycles. The van der Waals surface area contributed by atoms with E-state index in [0.29, 0.717) is 30.1 Å². The molecule has 0 spiro atoms. The zero-order chi connectivity index (χ0) is 11.7. The molecule has 1 amide bonds. The summed E-state index contributed by atoms with van der Waals surface area (Å²) in [5, 5.41) is 0. The maximum atomic E-state index is 11.7. The van der Waals surface area contributed by atoms with Crippen LogP contribution >= 0.6 is 27.5 Å². The molecule has 0 N–H and O–H groups in total. The number of halogens is 2. The number of anilines is 1. The third-order valence-electron chi connectivity index (χ3n) is 2.45. The molecule has 5 heteroatoms. The van der Waals surface area contributed by atoms with E-state index in [0.717, 1.165) is 4.47 Å². The molecular weight excluding hydrogens is 293 g/mol. The van der Waals surface area contributed by atoms with Gasteiger partial charge in [0.1, 0.15) is 0 Å². The molecule has 0 aliphatic carbocycles. The second-order valence-electron chi connectivity index (χ2n) is 3.49. The zero-order valence-corrected chi connectivity index (χ0v) is 10.7. The van der Waals surface area contributed by atoms with Crippen molar-refractivity contribution in [1.29, 1.82) is 0 Å². The molecule has 0 fully saturated rings. The molecule has 16 heavy (non-hydrogen) atoms. The second kappa shape index (κ2) is 4.55. The third-order valence-corrected chi connectivity index (χ3v) is 3.21. The topological polar surface area (TPSA) is 37.4 Å². The van der Waals surface area contributed by atoms with Crippen molar-refractivity contribution in [1.82, 2.24) is 0 Å². The first-order valence-electron chi connectivity index (χ1n) is 4.87. The average molecular weight is 303 g/mol. The number of Topliss-reactive ketones (excluding diaryl/α,β-unsaturated/α-hetero) is 1. The lowest BCUT2D eigenvalue weighted by Crippen LogP contribution is -2.30. The highest BCUT2D eigenvalue weighted by Crippen LogP contribution is 2.31. The van der Waals surface area contributed by atoms with Gasteiger partial charge in [-0.3, -0.25) is 9.59 Å². The van der Waals surface area contributed by atoms with Crippen molar-refractivity contribution < 1.29 is 9.59 Å². The molecule has 0 aromatic heterocycles. The van der Waals surface area contributed by atoms with Crippen LogP contribution in [0.15, 0.2) is 22.7 Å². The Kier molecular flexibility index (Phi) is 3.30. The molecule has 3 nitrogen and oxygen atoms in total. The molecule has 1 aromatic rings. The minimum atomic E-state index is -0.460. The van der Waals surface area contributed by atoms with Gasteiger partial charge in [0.05, 0.1) is 11.3 Å². The Bertz CT molecular complexity index is 461. The van der Waals surface area contributed by atoms with Gasteiger partial charge < -0.3 is 4.90 Å². The predicted octanol–water partition coefficient (Wildman–Crippen LogP) is 2.61. The maximum absolute atomic E-state index is 11.7. The van der Waals surface area contributed by atoms with Crippen LogP contribution in [0.3, 0.4) is 0 Å². The average Bonchev–Trinajstić information content (AvgIpc) is 2.50. The lowest BCUT2D eigenvalue weighted by Gasteiger charge is -2.15. The fraction of sp³-hybridized carbons (Fsp3) is 0.273. The van der Waals surface area contributed by atoms with Gasteiger partial charge in [-0.05, 0) is 24.6 Å². The summed E-state index contributed by atoms with van der Waals surface area (Å²) in [6, 6.07) is 5.27. The molecule has 1 aromatic carbocycles. The normalized spacial score (nSPS) is 14.5. The van der Waals surface area contributed by atoms with Crippen molar-refractivity contribution in [2.24, 2.45) is 0 Å². The molecule has 1 aliphatic heterocycles. The smallest absolute Gasteiger partial charge is 0.299 e. The Morgan fingerprint density at radius 2 is 2.06 bits per heavy atom. The Labute approximate surface area is 107 Å². The van der Waals surface area contributed by atoms with Crippen LogP contribution in [0.4, 0.5) is 5.69 Å². The van der Waals surface area contributed by atoms with Crippen molar-refractivity contribution >= 4 is 44.9 Å². The summed E-state index contributed by atoms with van der Waals surface area (Å²) < 4.78 is 0.798. The molecule has 0 saturated carbocycles. The largest absolute Gasteiger partial charge is 0.305 e. The number of hydrogen-bond acceptors (Lipinski definition) is 2. The predicted molar refractivity (Wildman–Crippen MR) is 66.2 cm³/mol. The van der Waals surface area contributed by atoms with E-state index in [9.17, 15) is 9.59 Å². The molecular formula is C11H9BrClNO2. The first-order chi connectivity index (χ1) is 7.65. The van der Waals surface area contributed by atoms with E-state index < -0.39 is 11.7 Å². The number of alkyl halides is 1. The maximum Gasteiger partial charge on any atom is 0.299 e. The van der Waals surface area contributed by atoms with Gasteiger partial charge in [0, 0.05) is 16.9 Å². The molecule has 0 bridgehead atoms. The van der Waals surface area contributed by atoms with Crippen LogP contribution in [-0.2, 0) is 4.79 Å². The number of amides is 1. The number of nitrogens with zero attached hydrogens (tertiary/aromatic N) is 1. The van der Waals surface area contributed by atoms with Gasteiger partial charge in [-0.1, -0.05) is 15.9 Å². The van der Waals surface area contributed by atoms with E-state index in [1.54, 1.807) is 12.1 Å². The summed E-state index contributed by atoms with van der Waals surface area (Å²) in [6.45, 7) is 0.489. The van der Waals surface area contributed by atoms with Gasteiger partial charge in [-0.2, -0.15) is 0 Å². The second-order valence-corrected chi connectivity index (χ2v) is 4.78. The van der Waals surface area contributed by atoms with E-state index in [2.05, 4.69) is 15.9 Å². The number of carbonyl (C=O) groups excluding carboxylic acids is 2. The molecule has 1 heterocycles. The van der Waals surface area contributed by atoms with Gasteiger partial charge in [-0.15, -0.1) is 11.6 Å². The van der Waals surface area contributed by atoms with Crippen molar-refractivity contribution in [2.75, 3.05) is 17.3 Å². The summed E-state index contributed by atoms with van der Waals surface area (Å²) >= 11 is 8.87. The van der Waals surface area contributed by atoms with Crippen molar-refractivity contribution in [3.05, 3.63) is 28.2 Å². The Balaban J connectivity index is 2.38. The SMILES string of the molecule is O=C1C(=O)N(CCCCl)c2ccc(Br)cc21. The third kappa shape index (κ3) is 1.87. The van der Waals surface area contributed by atoms with Gasteiger partial charge in [0.15, 0.2) is 0 Å². The molecule has 1 aliphatic rings. The molecule has 2 rings (SSSR count). The van der Waals surface area contributed by atoms with Crippen LogP contribution in [0.2, 0.25) is 0 Å². The van der Waals surface area contributed by atoms with E-state index in [-0.39, 0.29) is 0 Å². The van der Waals surface area contributed by atoms with Crippen LogP contribution in [0.5, 0.6) is 0 Å².